The fourth-order valence-corrected chi connectivity index (χ4v) is 1.98. The molecule has 1 heterocycles. The van der Waals surface area contributed by atoms with Crippen LogP contribution in [0.4, 0.5) is 4.39 Å². The van der Waals surface area contributed by atoms with E-state index in [-0.39, 0.29) is 5.02 Å². The summed E-state index contributed by atoms with van der Waals surface area (Å²) < 4.78 is 13.2. The van der Waals surface area contributed by atoms with Gasteiger partial charge < -0.3 is 5.32 Å². The van der Waals surface area contributed by atoms with Crippen LogP contribution in [0.2, 0.25) is 5.02 Å². The normalized spacial score (nSPS) is 11.1. The number of aromatic nitrogens is 2. The molecule has 1 N–H and O–H groups in total. The van der Waals surface area contributed by atoms with E-state index in [2.05, 4.69) is 29.1 Å². The summed E-state index contributed by atoms with van der Waals surface area (Å²) in [4.78, 5) is 8.87. The van der Waals surface area contributed by atoms with Crippen molar-refractivity contribution in [3.8, 4) is 11.4 Å². The van der Waals surface area contributed by atoms with Crippen LogP contribution in [0.1, 0.15) is 25.2 Å². The van der Waals surface area contributed by atoms with Gasteiger partial charge in [-0.3, -0.25) is 0 Å². The standard InChI is InChI=1S/C15H17ClFN3/c1-9(2)18-8-12-6-10(3)19-15(20-12)11-4-5-14(17)13(16)7-11/h4-7,9,18H,8H2,1-3H3. The Morgan fingerprint density at radius 1 is 1.25 bits per heavy atom. The number of nitrogens with one attached hydrogen (secondary N) is 1. The minimum absolute atomic E-state index is 0.0782. The number of halogens is 2. The van der Waals surface area contributed by atoms with Gasteiger partial charge in [-0.25, -0.2) is 14.4 Å². The van der Waals surface area contributed by atoms with Crippen LogP contribution in [0.5, 0.6) is 0 Å². The van der Waals surface area contributed by atoms with Crippen molar-refractivity contribution < 1.29 is 4.39 Å². The topological polar surface area (TPSA) is 37.8 Å². The van der Waals surface area contributed by atoms with Gasteiger partial charge in [-0.05, 0) is 31.2 Å². The van der Waals surface area contributed by atoms with Gasteiger partial charge in [0.05, 0.1) is 10.7 Å². The quantitative estimate of drug-likeness (QED) is 0.933. The third kappa shape index (κ3) is 3.74. The largest absolute Gasteiger partial charge is 0.309 e. The molecule has 0 unspecified atom stereocenters. The lowest BCUT2D eigenvalue weighted by Gasteiger charge is -2.10. The van der Waals surface area contributed by atoms with E-state index in [4.69, 9.17) is 11.6 Å². The predicted molar refractivity (Wildman–Crippen MR) is 79.1 cm³/mol. The zero-order chi connectivity index (χ0) is 14.7. The fourth-order valence-electron chi connectivity index (χ4n) is 1.80. The lowest BCUT2D eigenvalue weighted by atomic mass is 10.2. The third-order valence-corrected chi connectivity index (χ3v) is 3.07. The Morgan fingerprint density at radius 2 is 2.00 bits per heavy atom. The summed E-state index contributed by atoms with van der Waals surface area (Å²) in [5.41, 5.74) is 2.49. The molecule has 20 heavy (non-hydrogen) atoms. The van der Waals surface area contributed by atoms with Crippen molar-refractivity contribution >= 4 is 11.6 Å². The summed E-state index contributed by atoms with van der Waals surface area (Å²) in [5, 5.41) is 3.39. The molecule has 0 aliphatic carbocycles. The summed E-state index contributed by atoms with van der Waals surface area (Å²) in [7, 11) is 0. The molecule has 0 fully saturated rings. The van der Waals surface area contributed by atoms with E-state index in [1.165, 1.54) is 6.07 Å². The Hall–Kier alpha value is -1.52. The van der Waals surface area contributed by atoms with Crippen LogP contribution in [0.3, 0.4) is 0 Å². The summed E-state index contributed by atoms with van der Waals surface area (Å²) in [5.74, 6) is 0.122. The fraction of sp³-hybridized carbons (Fsp3) is 0.333. The van der Waals surface area contributed by atoms with Crippen molar-refractivity contribution in [3.05, 3.63) is 46.5 Å². The highest BCUT2D eigenvalue weighted by atomic mass is 35.5. The van der Waals surface area contributed by atoms with Gasteiger partial charge in [0.15, 0.2) is 5.82 Å². The summed E-state index contributed by atoms with van der Waals surface area (Å²) in [6, 6.07) is 6.83. The van der Waals surface area contributed by atoms with Gasteiger partial charge in [-0.1, -0.05) is 25.4 Å². The lowest BCUT2D eigenvalue weighted by Crippen LogP contribution is -2.22. The Labute approximate surface area is 123 Å². The molecule has 1 aromatic heterocycles. The molecule has 0 aliphatic rings. The number of aryl methyl sites for hydroxylation is 1. The number of rotatable bonds is 4. The number of nitrogens with zero attached hydrogens (tertiary/aromatic N) is 2. The van der Waals surface area contributed by atoms with Gasteiger partial charge in [0.25, 0.3) is 0 Å². The van der Waals surface area contributed by atoms with Crippen molar-refractivity contribution in [2.24, 2.45) is 0 Å². The summed E-state index contributed by atoms with van der Waals surface area (Å²) in [6.45, 7) is 6.74. The second-order valence-electron chi connectivity index (χ2n) is 4.99. The highest BCUT2D eigenvalue weighted by Gasteiger charge is 2.08. The highest BCUT2D eigenvalue weighted by Crippen LogP contribution is 2.22. The van der Waals surface area contributed by atoms with Crippen LogP contribution in [-0.2, 0) is 6.54 Å². The average Bonchev–Trinajstić information content (AvgIpc) is 2.39. The van der Waals surface area contributed by atoms with Gasteiger partial charge in [-0.15, -0.1) is 0 Å². The van der Waals surface area contributed by atoms with Crippen LogP contribution in [-0.4, -0.2) is 16.0 Å². The Kier molecular flexibility index (Phi) is 4.68. The number of benzene rings is 1. The zero-order valence-corrected chi connectivity index (χ0v) is 12.5. The van der Waals surface area contributed by atoms with Gasteiger partial charge >= 0.3 is 0 Å². The molecule has 0 saturated heterocycles. The van der Waals surface area contributed by atoms with E-state index in [9.17, 15) is 4.39 Å². The van der Waals surface area contributed by atoms with Crippen molar-refractivity contribution in [2.75, 3.05) is 0 Å². The SMILES string of the molecule is Cc1cc(CNC(C)C)nc(-c2ccc(F)c(Cl)c2)n1. The first-order valence-corrected chi connectivity index (χ1v) is 6.87. The van der Waals surface area contributed by atoms with Gasteiger partial charge in [0.2, 0.25) is 0 Å². The molecule has 0 atom stereocenters. The second kappa shape index (κ2) is 6.29. The van der Waals surface area contributed by atoms with Gasteiger partial charge in [0.1, 0.15) is 5.82 Å². The lowest BCUT2D eigenvalue weighted by molar-refractivity contribution is 0.580. The molecule has 0 bridgehead atoms. The van der Waals surface area contributed by atoms with E-state index in [0.29, 0.717) is 24.0 Å². The van der Waals surface area contributed by atoms with Crippen molar-refractivity contribution in [2.45, 2.75) is 33.4 Å². The van der Waals surface area contributed by atoms with Crippen LogP contribution >= 0.6 is 11.6 Å². The van der Waals surface area contributed by atoms with Gasteiger partial charge in [0, 0.05) is 23.8 Å². The van der Waals surface area contributed by atoms with E-state index < -0.39 is 5.82 Å². The maximum atomic E-state index is 13.2. The van der Waals surface area contributed by atoms with Crippen LogP contribution < -0.4 is 5.32 Å². The average molecular weight is 294 g/mol. The maximum absolute atomic E-state index is 13.2. The first kappa shape index (κ1) is 14.9. The zero-order valence-electron chi connectivity index (χ0n) is 11.7. The van der Waals surface area contributed by atoms with Crippen molar-refractivity contribution in [1.29, 1.82) is 0 Å². The Morgan fingerprint density at radius 3 is 2.65 bits per heavy atom. The second-order valence-corrected chi connectivity index (χ2v) is 5.40. The van der Waals surface area contributed by atoms with Crippen LogP contribution in [0.25, 0.3) is 11.4 Å². The molecule has 5 heteroatoms. The molecule has 2 aromatic rings. The minimum Gasteiger partial charge on any atom is -0.309 e. The molecule has 2 rings (SSSR count). The highest BCUT2D eigenvalue weighted by molar-refractivity contribution is 6.31. The maximum Gasteiger partial charge on any atom is 0.159 e. The molecule has 0 amide bonds. The van der Waals surface area contributed by atoms with Crippen molar-refractivity contribution in [1.82, 2.24) is 15.3 Å². The minimum atomic E-state index is -0.440. The van der Waals surface area contributed by atoms with Crippen LogP contribution in [0.15, 0.2) is 24.3 Å². The Balaban J connectivity index is 2.33. The smallest absolute Gasteiger partial charge is 0.159 e. The molecule has 0 spiro atoms. The predicted octanol–water partition coefficient (Wildman–Crippen LogP) is 3.74. The van der Waals surface area contributed by atoms with Crippen molar-refractivity contribution in [3.63, 3.8) is 0 Å². The molecule has 0 aliphatic heterocycles. The molecule has 3 nitrogen and oxygen atoms in total. The molecular formula is C15H17ClFN3. The first-order valence-electron chi connectivity index (χ1n) is 6.49. The number of hydrogen-bond acceptors (Lipinski definition) is 3. The van der Waals surface area contributed by atoms with Gasteiger partial charge in [-0.2, -0.15) is 0 Å². The first-order chi connectivity index (χ1) is 9.45. The molecule has 1 aromatic carbocycles. The van der Waals surface area contributed by atoms with E-state index in [1.54, 1.807) is 12.1 Å². The molecule has 0 radical (unpaired) electrons. The van der Waals surface area contributed by atoms with E-state index in [1.807, 2.05) is 13.0 Å². The van der Waals surface area contributed by atoms with E-state index in [0.717, 1.165) is 11.4 Å². The van der Waals surface area contributed by atoms with E-state index >= 15 is 0 Å². The third-order valence-electron chi connectivity index (χ3n) is 2.78. The summed E-state index contributed by atoms with van der Waals surface area (Å²) in [6.07, 6.45) is 0. The summed E-state index contributed by atoms with van der Waals surface area (Å²) >= 11 is 5.80. The molecule has 0 saturated carbocycles. The van der Waals surface area contributed by atoms with Crippen LogP contribution in [0, 0.1) is 12.7 Å². The molecular weight excluding hydrogens is 277 g/mol. The molecule has 106 valence electrons. The Bertz CT molecular complexity index is 614. The number of hydrogen-bond donors (Lipinski definition) is 1. The monoisotopic (exact) mass is 293 g/mol.